The van der Waals surface area contributed by atoms with Gasteiger partial charge in [-0.3, -0.25) is 4.98 Å². The molecule has 0 saturated heterocycles. The summed E-state index contributed by atoms with van der Waals surface area (Å²) in [5.74, 6) is 0. The number of allylic oxidation sites excluding steroid dienone is 2. The summed E-state index contributed by atoms with van der Waals surface area (Å²) >= 11 is 0. The molecule has 5 nitrogen and oxygen atoms in total. The summed E-state index contributed by atoms with van der Waals surface area (Å²) in [6, 6.07) is 4.57. The fraction of sp³-hybridized carbons (Fsp3) is 0.200. The maximum atomic E-state index is 13.3. The van der Waals surface area contributed by atoms with Gasteiger partial charge in [0.2, 0.25) is 0 Å². The fourth-order valence-electron chi connectivity index (χ4n) is 2.25. The molecule has 3 rings (SSSR count). The van der Waals surface area contributed by atoms with Crippen molar-refractivity contribution in [1.82, 2.24) is 20.1 Å². The molecule has 2 aromatic rings. The van der Waals surface area contributed by atoms with Gasteiger partial charge in [-0.25, -0.2) is 4.68 Å². The van der Waals surface area contributed by atoms with Crippen LogP contribution in [0.3, 0.4) is 0 Å². The van der Waals surface area contributed by atoms with E-state index in [2.05, 4.69) is 15.4 Å². The highest BCUT2D eigenvalue weighted by atomic mass is 19.4. The van der Waals surface area contributed by atoms with Crippen LogP contribution in [0.15, 0.2) is 48.9 Å². The molecule has 0 fully saturated rings. The first kappa shape index (κ1) is 15.3. The summed E-state index contributed by atoms with van der Waals surface area (Å²) in [6.07, 6.45) is 3.05. The van der Waals surface area contributed by atoms with E-state index in [-0.39, 0.29) is 12.1 Å². The molecular weight excluding hydrogens is 307 g/mol. The summed E-state index contributed by atoms with van der Waals surface area (Å²) < 4.78 is 40.7. The number of nitrogens with zero attached hydrogens (tertiary/aromatic N) is 3. The van der Waals surface area contributed by atoms with Crippen LogP contribution in [-0.2, 0) is 12.6 Å². The van der Waals surface area contributed by atoms with E-state index in [1.807, 2.05) is 0 Å². The van der Waals surface area contributed by atoms with Crippen LogP contribution >= 0.6 is 0 Å². The maximum Gasteiger partial charge on any atom is 0.433 e. The predicted octanol–water partition coefficient (Wildman–Crippen LogP) is 2.13. The van der Waals surface area contributed by atoms with Gasteiger partial charge in [0.1, 0.15) is 5.69 Å². The Morgan fingerprint density at radius 1 is 1.35 bits per heavy atom. The lowest BCUT2D eigenvalue weighted by molar-refractivity contribution is -0.142. The third-order valence-corrected chi connectivity index (χ3v) is 3.30. The topological polar surface area (TPSA) is 68.8 Å². The van der Waals surface area contributed by atoms with E-state index in [9.17, 15) is 13.2 Å². The molecule has 1 atom stereocenters. The van der Waals surface area contributed by atoms with Crippen LogP contribution in [-0.4, -0.2) is 20.9 Å². The standard InChI is InChI=1S/C15H14F3N5/c16-15(17,18)13-7-11(6-10-2-1-5-20-8-10)22-23(13)12-3-4-14(19)21-9-12/h1-5,7-9,14,21H,6,19H2. The molecule has 8 heteroatoms. The lowest BCUT2D eigenvalue weighted by atomic mass is 10.1. The van der Waals surface area contributed by atoms with E-state index in [1.54, 1.807) is 30.6 Å². The SMILES string of the molecule is NC1C=CC(n2nc(Cc3cccnc3)cc2C(F)(F)F)=CN1. The number of hydrogen-bond donors (Lipinski definition) is 2. The molecule has 23 heavy (non-hydrogen) atoms. The minimum absolute atomic E-state index is 0.272. The lowest BCUT2D eigenvalue weighted by Gasteiger charge is -2.16. The van der Waals surface area contributed by atoms with Crippen molar-refractivity contribution in [3.05, 3.63) is 65.9 Å². The molecule has 0 bridgehead atoms. The van der Waals surface area contributed by atoms with Crippen molar-refractivity contribution in [3.8, 4) is 0 Å². The molecule has 0 radical (unpaired) electrons. The second-order valence-corrected chi connectivity index (χ2v) is 5.09. The van der Waals surface area contributed by atoms with Gasteiger partial charge >= 0.3 is 6.18 Å². The number of hydrogen-bond acceptors (Lipinski definition) is 4. The zero-order chi connectivity index (χ0) is 16.4. The van der Waals surface area contributed by atoms with Crippen molar-refractivity contribution in [2.45, 2.75) is 18.8 Å². The highest BCUT2D eigenvalue weighted by Crippen LogP contribution is 2.32. The van der Waals surface area contributed by atoms with Gasteiger partial charge in [0.25, 0.3) is 0 Å². The van der Waals surface area contributed by atoms with Crippen molar-refractivity contribution < 1.29 is 13.2 Å². The quantitative estimate of drug-likeness (QED) is 0.909. The Labute approximate surface area is 130 Å². The zero-order valence-electron chi connectivity index (χ0n) is 12.0. The van der Waals surface area contributed by atoms with Crippen molar-refractivity contribution in [1.29, 1.82) is 0 Å². The average Bonchev–Trinajstić information content (AvgIpc) is 2.93. The van der Waals surface area contributed by atoms with E-state index >= 15 is 0 Å². The molecule has 3 N–H and O–H groups in total. The Bertz CT molecular complexity index is 746. The minimum atomic E-state index is -4.51. The Morgan fingerprint density at radius 2 is 2.17 bits per heavy atom. The first-order valence-corrected chi connectivity index (χ1v) is 6.89. The van der Waals surface area contributed by atoms with E-state index in [0.717, 1.165) is 16.3 Å². The summed E-state index contributed by atoms with van der Waals surface area (Å²) in [7, 11) is 0. The number of pyridine rings is 1. The first-order chi connectivity index (χ1) is 10.9. The molecule has 1 aliphatic heterocycles. The summed E-state index contributed by atoms with van der Waals surface area (Å²) in [4.78, 5) is 3.95. The van der Waals surface area contributed by atoms with Crippen LogP contribution in [0.25, 0.3) is 5.70 Å². The van der Waals surface area contributed by atoms with Crippen LogP contribution in [0.1, 0.15) is 17.0 Å². The third kappa shape index (κ3) is 3.42. The molecule has 0 aromatic carbocycles. The first-order valence-electron chi connectivity index (χ1n) is 6.89. The number of nitrogens with one attached hydrogen (secondary N) is 1. The maximum absolute atomic E-state index is 13.3. The smallest absolute Gasteiger partial charge is 0.371 e. The Morgan fingerprint density at radius 3 is 2.78 bits per heavy atom. The van der Waals surface area contributed by atoms with Crippen LogP contribution in [0.4, 0.5) is 13.2 Å². The number of aromatic nitrogens is 3. The van der Waals surface area contributed by atoms with Gasteiger partial charge in [-0.15, -0.1) is 0 Å². The summed E-state index contributed by atoms with van der Waals surface area (Å²) in [6.45, 7) is 0. The van der Waals surface area contributed by atoms with Gasteiger partial charge in [-0.05, 0) is 29.8 Å². The van der Waals surface area contributed by atoms with Crippen LogP contribution < -0.4 is 11.1 Å². The van der Waals surface area contributed by atoms with E-state index < -0.39 is 18.0 Å². The van der Waals surface area contributed by atoms with Gasteiger partial charge in [0, 0.05) is 25.0 Å². The Hall–Kier alpha value is -2.61. The van der Waals surface area contributed by atoms with E-state index in [0.29, 0.717) is 5.69 Å². The predicted molar refractivity (Wildman–Crippen MR) is 78.8 cm³/mol. The largest absolute Gasteiger partial charge is 0.433 e. The average molecular weight is 321 g/mol. The molecule has 0 aliphatic carbocycles. The normalized spacial score (nSPS) is 17.7. The number of halogens is 3. The van der Waals surface area contributed by atoms with E-state index in [4.69, 9.17) is 5.73 Å². The summed E-state index contributed by atoms with van der Waals surface area (Å²) in [5.41, 5.74) is 6.16. The second kappa shape index (κ2) is 5.88. The number of dihydropyridines is 1. The van der Waals surface area contributed by atoms with Crippen LogP contribution in [0.2, 0.25) is 0 Å². The molecule has 1 aliphatic rings. The van der Waals surface area contributed by atoms with Gasteiger partial charge in [0.15, 0.2) is 0 Å². The number of nitrogens with two attached hydrogens (primary N) is 1. The highest BCUT2D eigenvalue weighted by Gasteiger charge is 2.36. The Kier molecular flexibility index (Phi) is 3.91. The molecule has 0 amide bonds. The van der Waals surface area contributed by atoms with E-state index in [1.165, 1.54) is 12.3 Å². The van der Waals surface area contributed by atoms with Crippen molar-refractivity contribution in [3.63, 3.8) is 0 Å². The molecule has 0 saturated carbocycles. The van der Waals surface area contributed by atoms with Crippen molar-refractivity contribution in [2.24, 2.45) is 5.73 Å². The zero-order valence-corrected chi connectivity index (χ0v) is 12.0. The molecule has 3 heterocycles. The lowest BCUT2D eigenvalue weighted by Crippen LogP contribution is -2.34. The number of rotatable bonds is 3. The molecule has 120 valence electrons. The summed E-state index contributed by atoms with van der Waals surface area (Å²) in [5, 5.41) is 6.85. The molecule has 2 aromatic heterocycles. The fourth-order valence-corrected chi connectivity index (χ4v) is 2.25. The molecule has 0 spiro atoms. The van der Waals surface area contributed by atoms with Gasteiger partial charge in [-0.2, -0.15) is 18.3 Å². The molecule has 1 unspecified atom stereocenters. The Balaban J connectivity index is 1.96. The van der Waals surface area contributed by atoms with Gasteiger partial charge < -0.3 is 11.1 Å². The van der Waals surface area contributed by atoms with Crippen LogP contribution in [0, 0.1) is 0 Å². The van der Waals surface area contributed by atoms with Crippen LogP contribution in [0.5, 0.6) is 0 Å². The third-order valence-electron chi connectivity index (χ3n) is 3.30. The molecular formula is C15H14F3N5. The van der Waals surface area contributed by atoms with Crippen molar-refractivity contribution >= 4 is 5.70 Å². The monoisotopic (exact) mass is 321 g/mol. The van der Waals surface area contributed by atoms with Crippen molar-refractivity contribution in [2.75, 3.05) is 0 Å². The highest BCUT2D eigenvalue weighted by molar-refractivity contribution is 5.59. The number of alkyl halides is 3. The second-order valence-electron chi connectivity index (χ2n) is 5.09. The minimum Gasteiger partial charge on any atom is -0.371 e. The van der Waals surface area contributed by atoms with Gasteiger partial charge in [0.05, 0.1) is 17.6 Å². The van der Waals surface area contributed by atoms with Gasteiger partial charge in [-0.1, -0.05) is 6.07 Å².